The second-order valence-electron chi connectivity index (χ2n) is 3.81. The molecule has 0 spiro atoms. The van der Waals surface area contributed by atoms with E-state index in [0.717, 1.165) is 13.7 Å². The molecule has 19 heavy (non-hydrogen) atoms. The lowest BCUT2D eigenvalue weighted by Crippen LogP contribution is -2.12. The number of benzene rings is 2. The van der Waals surface area contributed by atoms with Gasteiger partial charge in [-0.1, -0.05) is 22.0 Å². The van der Waals surface area contributed by atoms with Crippen LogP contribution in [0.15, 0.2) is 46.9 Å². The van der Waals surface area contributed by atoms with E-state index in [2.05, 4.69) is 43.8 Å². The summed E-state index contributed by atoms with van der Waals surface area (Å²) in [6.07, 6.45) is 0. The maximum absolute atomic E-state index is 12.1. The van der Waals surface area contributed by atoms with Crippen LogP contribution in [-0.4, -0.2) is 13.0 Å². The molecule has 0 aliphatic heterocycles. The topological polar surface area (TPSA) is 38.3 Å². The Hall–Kier alpha value is -1.08. The van der Waals surface area contributed by atoms with Crippen LogP contribution in [0.4, 0.5) is 5.69 Å². The second-order valence-corrected chi connectivity index (χ2v) is 5.89. The molecule has 0 saturated heterocycles. The van der Waals surface area contributed by atoms with E-state index >= 15 is 0 Å². The van der Waals surface area contributed by atoms with Crippen molar-refractivity contribution >= 4 is 50.1 Å². The first-order valence-electron chi connectivity index (χ1n) is 5.50. The molecule has 0 atom stereocenters. The molecule has 0 radical (unpaired) electrons. The van der Waals surface area contributed by atoms with Gasteiger partial charge in [0.2, 0.25) is 0 Å². The summed E-state index contributed by atoms with van der Waals surface area (Å²) < 4.78 is 7.06. The largest absolute Gasteiger partial charge is 0.497 e. The van der Waals surface area contributed by atoms with Gasteiger partial charge in [0, 0.05) is 13.6 Å². The van der Waals surface area contributed by atoms with Crippen LogP contribution in [0.25, 0.3) is 0 Å². The molecule has 2 aromatic carbocycles. The number of methoxy groups -OCH3 is 1. The molecule has 98 valence electrons. The molecule has 2 rings (SSSR count). The maximum Gasteiger partial charge on any atom is 0.255 e. The van der Waals surface area contributed by atoms with Gasteiger partial charge in [0.25, 0.3) is 5.91 Å². The molecule has 3 nitrogen and oxygen atoms in total. The average molecular weight is 432 g/mol. The molecule has 1 N–H and O–H groups in total. The highest BCUT2D eigenvalue weighted by molar-refractivity contribution is 14.1. The van der Waals surface area contributed by atoms with E-state index in [1.807, 2.05) is 18.2 Å². The predicted molar refractivity (Wildman–Crippen MR) is 87.8 cm³/mol. The number of nitrogens with one attached hydrogen (secondary N) is 1. The van der Waals surface area contributed by atoms with Crippen LogP contribution in [0.1, 0.15) is 10.4 Å². The fourth-order valence-corrected chi connectivity index (χ4v) is 2.99. The summed E-state index contributed by atoms with van der Waals surface area (Å²) in [5.74, 6) is 0.511. The first kappa shape index (κ1) is 14.3. The fraction of sp³-hybridized carbons (Fsp3) is 0.0714. The summed E-state index contributed by atoms with van der Waals surface area (Å²) in [4.78, 5) is 12.1. The minimum absolute atomic E-state index is 0.154. The van der Waals surface area contributed by atoms with Crippen molar-refractivity contribution < 1.29 is 9.53 Å². The summed E-state index contributed by atoms with van der Waals surface area (Å²) in [5.41, 5.74) is 1.36. The summed E-state index contributed by atoms with van der Waals surface area (Å²) in [5, 5.41) is 2.88. The normalized spacial score (nSPS) is 10.1. The Labute approximate surface area is 133 Å². The molecule has 0 fully saturated rings. The molecular formula is C14H11BrINO2. The number of carbonyl (C=O) groups excluding carboxylic acids is 1. The Morgan fingerprint density at radius 3 is 2.74 bits per heavy atom. The smallest absolute Gasteiger partial charge is 0.255 e. The van der Waals surface area contributed by atoms with Gasteiger partial charge in [0.1, 0.15) is 5.75 Å². The third-order valence-electron chi connectivity index (χ3n) is 2.51. The highest BCUT2D eigenvalue weighted by Gasteiger charge is 2.09. The van der Waals surface area contributed by atoms with Gasteiger partial charge in [-0.2, -0.15) is 0 Å². The van der Waals surface area contributed by atoms with E-state index < -0.39 is 0 Å². The van der Waals surface area contributed by atoms with Crippen LogP contribution in [0.3, 0.4) is 0 Å². The third kappa shape index (κ3) is 3.70. The Morgan fingerprint density at radius 2 is 2.05 bits per heavy atom. The van der Waals surface area contributed by atoms with Gasteiger partial charge in [0.15, 0.2) is 0 Å². The molecule has 1 amide bonds. The number of hydrogen-bond donors (Lipinski definition) is 1. The van der Waals surface area contributed by atoms with Gasteiger partial charge in [0.05, 0.1) is 12.8 Å². The lowest BCUT2D eigenvalue weighted by Gasteiger charge is -2.08. The number of ether oxygens (including phenoxy) is 1. The van der Waals surface area contributed by atoms with Gasteiger partial charge >= 0.3 is 0 Å². The van der Waals surface area contributed by atoms with Crippen molar-refractivity contribution in [2.75, 3.05) is 12.4 Å². The number of halogens is 2. The third-order valence-corrected chi connectivity index (χ3v) is 3.90. The fourth-order valence-electron chi connectivity index (χ4n) is 1.55. The maximum atomic E-state index is 12.1. The number of amides is 1. The average Bonchev–Trinajstić information content (AvgIpc) is 2.42. The minimum atomic E-state index is -0.154. The van der Waals surface area contributed by atoms with Crippen molar-refractivity contribution in [3.05, 3.63) is 56.1 Å². The number of rotatable bonds is 3. The molecule has 0 aliphatic rings. The predicted octanol–water partition coefficient (Wildman–Crippen LogP) is 4.31. The van der Waals surface area contributed by atoms with Crippen LogP contribution in [-0.2, 0) is 0 Å². The van der Waals surface area contributed by atoms with E-state index in [-0.39, 0.29) is 5.91 Å². The van der Waals surface area contributed by atoms with Crippen molar-refractivity contribution in [1.29, 1.82) is 0 Å². The Balaban J connectivity index is 2.20. The van der Waals surface area contributed by atoms with Gasteiger partial charge in [-0.15, -0.1) is 0 Å². The van der Waals surface area contributed by atoms with Crippen LogP contribution in [0, 0.1) is 3.57 Å². The molecular weight excluding hydrogens is 421 g/mol. The monoisotopic (exact) mass is 431 g/mol. The van der Waals surface area contributed by atoms with Crippen LogP contribution >= 0.6 is 38.5 Å². The summed E-state index contributed by atoms with van der Waals surface area (Å²) in [6, 6.07) is 12.8. The summed E-state index contributed by atoms with van der Waals surface area (Å²) >= 11 is 5.58. The van der Waals surface area contributed by atoms with Crippen molar-refractivity contribution in [1.82, 2.24) is 0 Å². The Kier molecular flexibility index (Phi) is 4.81. The first-order valence-corrected chi connectivity index (χ1v) is 7.38. The van der Waals surface area contributed by atoms with Gasteiger partial charge in [-0.05, 0) is 59.0 Å². The molecule has 5 heteroatoms. The van der Waals surface area contributed by atoms with Crippen molar-refractivity contribution in [2.24, 2.45) is 0 Å². The van der Waals surface area contributed by atoms with E-state index in [1.54, 1.807) is 31.4 Å². The quantitative estimate of drug-likeness (QED) is 0.735. The van der Waals surface area contributed by atoms with Crippen molar-refractivity contribution in [3.63, 3.8) is 0 Å². The molecule has 0 saturated carbocycles. The Morgan fingerprint density at radius 1 is 1.26 bits per heavy atom. The SMILES string of the molecule is COc1cccc(C(=O)Nc2ccc(Br)cc2I)c1. The molecule has 0 heterocycles. The van der Waals surface area contributed by atoms with E-state index in [9.17, 15) is 4.79 Å². The van der Waals surface area contributed by atoms with Gasteiger partial charge in [-0.3, -0.25) is 4.79 Å². The number of anilines is 1. The summed E-state index contributed by atoms with van der Waals surface area (Å²) in [6.45, 7) is 0. The number of hydrogen-bond acceptors (Lipinski definition) is 2. The standard InChI is InChI=1S/C14H11BrINO2/c1-19-11-4-2-3-9(7-11)14(18)17-13-6-5-10(15)8-12(13)16/h2-8H,1H3,(H,17,18). The van der Waals surface area contributed by atoms with Crippen molar-refractivity contribution in [3.8, 4) is 5.75 Å². The number of carbonyl (C=O) groups is 1. The first-order chi connectivity index (χ1) is 9.10. The summed E-state index contributed by atoms with van der Waals surface area (Å²) in [7, 11) is 1.58. The molecule has 0 aromatic heterocycles. The molecule has 0 aliphatic carbocycles. The van der Waals surface area contributed by atoms with Crippen LogP contribution in [0.2, 0.25) is 0 Å². The van der Waals surface area contributed by atoms with Gasteiger partial charge < -0.3 is 10.1 Å². The molecule has 0 bridgehead atoms. The Bertz CT molecular complexity index is 616. The minimum Gasteiger partial charge on any atom is -0.497 e. The van der Waals surface area contributed by atoms with E-state index in [0.29, 0.717) is 11.3 Å². The van der Waals surface area contributed by atoms with Gasteiger partial charge in [-0.25, -0.2) is 0 Å². The van der Waals surface area contributed by atoms with E-state index in [4.69, 9.17) is 4.74 Å². The zero-order chi connectivity index (χ0) is 13.8. The lowest BCUT2D eigenvalue weighted by molar-refractivity contribution is 0.102. The highest BCUT2D eigenvalue weighted by Crippen LogP contribution is 2.23. The highest BCUT2D eigenvalue weighted by atomic mass is 127. The van der Waals surface area contributed by atoms with Crippen LogP contribution in [0.5, 0.6) is 5.75 Å². The zero-order valence-electron chi connectivity index (χ0n) is 10.1. The molecule has 2 aromatic rings. The van der Waals surface area contributed by atoms with Crippen molar-refractivity contribution in [2.45, 2.75) is 0 Å². The lowest BCUT2D eigenvalue weighted by atomic mass is 10.2. The zero-order valence-corrected chi connectivity index (χ0v) is 13.9. The van der Waals surface area contributed by atoms with E-state index in [1.165, 1.54) is 0 Å². The van der Waals surface area contributed by atoms with Crippen LogP contribution < -0.4 is 10.1 Å². The molecule has 0 unspecified atom stereocenters. The second kappa shape index (κ2) is 6.38.